The minimum Gasteiger partial charge on any atom is -0.365 e. The Morgan fingerprint density at radius 2 is 1.87 bits per heavy atom. The number of amides is 1. The van der Waals surface area contributed by atoms with Crippen LogP contribution < -0.4 is 16.2 Å². The molecule has 8 heteroatoms. The first-order valence-electron chi connectivity index (χ1n) is 10.7. The molecule has 7 nitrogen and oxygen atoms in total. The lowest BCUT2D eigenvalue weighted by Crippen LogP contribution is -2.42. The third kappa shape index (κ3) is 5.38. The zero-order valence-electron chi connectivity index (χ0n) is 17.2. The van der Waals surface area contributed by atoms with Crippen LogP contribution in [0.5, 0.6) is 0 Å². The number of H-pyrrole nitrogens is 1. The summed E-state index contributed by atoms with van der Waals surface area (Å²) < 4.78 is 0. The average Bonchev–Trinajstić information content (AvgIpc) is 3.31. The fourth-order valence-corrected chi connectivity index (χ4v) is 4.83. The molecule has 0 aliphatic heterocycles. The maximum atomic E-state index is 12.4. The number of hydrogen-bond donors (Lipinski definition) is 3. The van der Waals surface area contributed by atoms with Gasteiger partial charge < -0.3 is 10.6 Å². The largest absolute Gasteiger partial charge is 0.365 e. The third-order valence-electron chi connectivity index (χ3n) is 5.68. The first kappa shape index (κ1) is 21.2. The molecular formula is C23H26N4O3S. The van der Waals surface area contributed by atoms with Crippen molar-refractivity contribution in [2.24, 2.45) is 0 Å². The summed E-state index contributed by atoms with van der Waals surface area (Å²) in [6.45, 7) is 0. The summed E-state index contributed by atoms with van der Waals surface area (Å²) in [5.41, 5.74) is -0.201. The van der Waals surface area contributed by atoms with Crippen LogP contribution in [0, 0.1) is 0 Å². The number of hydrogen-bond acceptors (Lipinski definition) is 6. The van der Waals surface area contributed by atoms with E-state index in [1.54, 1.807) is 6.07 Å². The van der Waals surface area contributed by atoms with Crippen LogP contribution in [0.15, 0.2) is 46.6 Å². The van der Waals surface area contributed by atoms with Crippen molar-refractivity contribution in [1.29, 1.82) is 0 Å². The van der Waals surface area contributed by atoms with Crippen LogP contribution in [0.3, 0.4) is 0 Å². The maximum Gasteiger partial charge on any atom is 0.272 e. The van der Waals surface area contributed by atoms with Gasteiger partial charge in [0.05, 0.1) is 10.3 Å². The number of aromatic nitrogens is 2. The van der Waals surface area contributed by atoms with Crippen LogP contribution in [0.2, 0.25) is 0 Å². The smallest absolute Gasteiger partial charge is 0.272 e. The van der Waals surface area contributed by atoms with Crippen molar-refractivity contribution < 1.29 is 9.59 Å². The maximum absolute atomic E-state index is 12.4. The Morgan fingerprint density at radius 1 is 1.06 bits per heavy atom. The number of carbonyl (C=O) groups excluding carboxylic acids is 2. The second-order valence-electron chi connectivity index (χ2n) is 7.97. The third-order valence-corrected chi connectivity index (χ3v) is 6.59. The molecule has 0 radical (unpaired) electrons. The SMILES string of the molecule is O=C(CCCC(=O)c1cccs1)NC1CCCC(Nc2n[nH]c(=O)c3ccccc23)C1. The minimum atomic E-state index is -0.201. The summed E-state index contributed by atoms with van der Waals surface area (Å²) in [6.07, 6.45) is 5.04. The van der Waals surface area contributed by atoms with E-state index in [-0.39, 0.29) is 29.3 Å². The van der Waals surface area contributed by atoms with Gasteiger partial charge in [-0.3, -0.25) is 14.4 Å². The van der Waals surface area contributed by atoms with E-state index in [4.69, 9.17) is 0 Å². The number of thiophene rings is 1. The molecule has 2 unspecified atom stereocenters. The molecule has 2 atom stereocenters. The van der Waals surface area contributed by atoms with E-state index in [9.17, 15) is 14.4 Å². The molecular weight excluding hydrogens is 412 g/mol. The topological polar surface area (TPSA) is 104 Å². The van der Waals surface area contributed by atoms with Gasteiger partial charge in [0.1, 0.15) is 0 Å². The predicted molar refractivity (Wildman–Crippen MR) is 123 cm³/mol. The second kappa shape index (κ2) is 9.87. The zero-order valence-corrected chi connectivity index (χ0v) is 18.0. The molecule has 4 rings (SSSR count). The average molecular weight is 439 g/mol. The Morgan fingerprint density at radius 3 is 2.68 bits per heavy atom. The minimum absolute atomic E-state index is 0.00255. The highest BCUT2D eigenvalue weighted by Crippen LogP contribution is 2.24. The number of fused-ring (bicyclic) bond motifs is 1. The number of Topliss-reactive ketones (excluding diaryl/α,β-unsaturated/α-hetero) is 1. The Hall–Kier alpha value is -3.00. The number of nitrogens with one attached hydrogen (secondary N) is 3. The van der Waals surface area contributed by atoms with Gasteiger partial charge in [0.25, 0.3) is 5.56 Å². The summed E-state index contributed by atoms with van der Waals surface area (Å²) >= 11 is 1.44. The second-order valence-corrected chi connectivity index (χ2v) is 8.92. The zero-order chi connectivity index (χ0) is 21.6. The molecule has 3 N–H and O–H groups in total. The Kier molecular flexibility index (Phi) is 6.76. The van der Waals surface area contributed by atoms with Crippen molar-refractivity contribution in [2.45, 2.75) is 57.0 Å². The fourth-order valence-electron chi connectivity index (χ4n) is 4.14. The predicted octanol–water partition coefficient (Wildman–Crippen LogP) is 3.88. The van der Waals surface area contributed by atoms with Crippen molar-refractivity contribution in [3.05, 3.63) is 57.0 Å². The van der Waals surface area contributed by atoms with E-state index in [0.29, 0.717) is 30.5 Å². The van der Waals surface area contributed by atoms with Gasteiger partial charge in [0.15, 0.2) is 11.6 Å². The monoisotopic (exact) mass is 438 g/mol. The number of carbonyl (C=O) groups is 2. The molecule has 1 saturated carbocycles. The number of benzene rings is 1. The lowest BCUT2D eigenvalue weighted by molar-refractivity contribution is -0.122. The number of ketones is 1. The Labute approximate surface area is 184 Å². The van der Waals surface area contributed by atoms with Crippen LogP contribution in [-0.4, -0.2) is 34.0 Å². The molecule has 2 heterocycles. The number of aromatic amines is 1. The summed E-state index contributed by atoms with van der Waals surface area (Å²) in [5.74, 6) is 0.766. The van der Waals surface area contributed by atoms with Crippen molar-refractivity contribution in [1.82, 2.24) is 15.5 Å². The van der Waals surface area contributed by atoms with Crippen LogP contribution in [0.25, 0.3) is 10.8 Å². The van der Waals surface area contributed by atoms with E-state index in [1.165, 1.54) is 11.3 Å². The molecule has 0 spiro atoms. The van der Waals surface area contributed by atoms with E-state index >= 15 is 0 Å². The van der Waals surface area contributed by atoms with Crippen molar-refractivity contribution in [3.63, 3.8) is 0 Å². The summed E-state index contributed by atoms with van der Waals surface area (Å²) in [4.78, 5) is 37.1. The molecule has 0 saturated heterocycles. The summed E-state index contributed by atoms with van der Waals surface area (Å²) in [5, 5.41) is 16.6. The molecule has 1 fully saturated rings. The summed E-state index contributed by atoms with van der Waals surface area (Å²) in [7, 11) is 0. The molecule has 3 aromatic rings. The van der Waals surface area contributed by atoms with Gasteiger partial charge in [-0.15, -0.1) is 11.3 Å². The van der Waals surface area contributed by atoms with Crippen LogP contribution in [0.1, 0.15) is 54.6 Å². The highest BCUT2D eigenvalue weighted by molar-refractivity contribution is 7.12. The molecule has 2 aromatic heterocycles. The lowest BCUT2D eigenvalue weighted by Gasteiger charge is -2.30. The van der Waals surface area contributed by atoms with Gasteiger partial charge >= 0.3 is 0 Å². The first-order valence-corrected chi connectivity index (χ1v) is 11.6. The number of anilines is 1. The van der Waals surface area contributed by atoms with Crippen LogP contribution in [-0.2, 0) is 4.79 Å². The van der Waals surface area contributed by atoms with Crippen molar-refractivity contribution >= 4 is 39.6 Å². The molecule has 1 amide bonds. The van der Waals surface area contributed by atoms with Gasteiger partial charge in [-0.1, -0.05) is 24.3 Å². The number of rotatable bonds is 8. The highest BCUT2D eigenvalue weighted by atomic mass is 32.1. The first-order chi connectivity index (χ1) is 15.1. The quantitative estimate of drug-likeness (QED) is 0.463. The molecule has 162 valence electrons. The van der Waals surface area contributed by atoms with Crippen molar-refractivity contribution in [2.75, 3.05) is 5.32 Å². The van der Waals surface area contributed by atoms with Gasteiger partial charge in [0.2, 0.25) is 5.91 Å². The van der Waals surface area contributed by atoms with Crippen molar-refractivity contribution in [3.8, 4) is 0 Å². The summed E-state index contributed by atoms with van der Waals surface area (Å²) in [6, 6.07) is 11.4. The normalized spacial score (nSPS) is 18.6. The van der Waals surface area contributed by atoms with E-state index in [2.05, 4.69) is 20.8 Å². The molecule has 0 bridgehead atoms. The van der Waals surface area contributed by atoms with E-state index < -0.39 is 0 Å². The van der Waals surface area contributed by atoms with E-state index in [0.717, 1.165) is 35.9 Å². The molecule has 1 aromatic carbocycles. The van der Waals surface area contributed by atoms with Gasteiger partial charge in [-0.25, -0.2) is 5.10 Å². The van der Waals surface area contributed by atoms with Crippen LogP contribution in [0.4, 0.5) is 5.82 Å². The standard InChI is InChI=1S/C23H26N4O3S/c28-19(20-11-5-13-31-20)10-4-12-21(29)24-15-6-3-7-16(14-15)25-22-17-8-1-2-9-18(17)23(30)27-26-22/h1-2,5,8-9,11,13,15-16H,3-4,6-7,10,12,14H2,(H,24,29)(H,25,26)(H,27,30). The van der Waals surface area contributed by atoms with Gasteiger partial charge in [-0.05, 0) is 49.6 Å². The molecule has 31 heavy (non-hydrogen) atoms. The lowest BCUT2D eigenvalue weighted by atomic mass is 9.90. The highest BCUT2D eigenvalue weighted by Gasteiger charge is 2.24. The van der Waals surface area contributed by atoms with E-state index in [1.807, 2.05) is 35.7 Å². The fraction of sp³-hybridized carbons (Fsp3) is 0.391. The molecule has 1 aliphatic carbocycles. The van der Waals surface area contributed by atoms with Gasteiger partial charge in [-0.2, -0.15) is 5.10 Å². The van der Waals surface area contributed by atoms with Gasteiger partial charge in [0, 0.05) is 30.3 Å². The number of nitrogens with zero attached hydrogens (tertiary/aromatic N) is 1. The molecule has 1 aliphatic rings. The Balaban J connectivity index is 1.28. The van der Waals surface area contributed by atoms with Crippen LogP contribution >= 0.6 is 11.3 Å². The Bertz CT molecular complexity index is 1110.